The molecule has 0 amide bonds. The average molecular weight is 271 g/mol. The fraction of sp³-hybridized carbons (Fsp3) is 0.385. The minimum Gasteiger partial charge on any atom is -0.378 e. The first-order valence-electron chi connectivity index (χ1n) is 6.56. The summed E-state index contributed by atoms with van der Waals surface area (Å²) in [6.07, 6.45) is 5.55. The maximum atomic E-state index is 4.48. The monoisotopic (exact) mass is 271 g/mol. The van der Waals surface area contributed by atoms with Crippen LogP contribution in [0.4, 0.5) is 5.69 Å². The SMILES string of the molecule is CC(C)n1ncc2cc(NCc3cn(C)nn3)cnc21. The molecular weight excluding hydrogens is 254 g/mol. The molecule has 7 nitrogen and oxygen atoms in total. The Labute approximate surface area is 116 Å². The van der Waals surface area contributed by atoms with Crippen LogP contribution < -0.4 is 5.32 Å². The van der Waals surface area contributed by atoms with Crippen molar-refractivity contribution < 1.29 is 0 Å². The summed E-state index contributed by atoms with van der Waals surface area (Å²) in [6.45, 7) is 4.81. The van der Waals surface area contributed by atoms with Crippen LogP contribution in [0.3, 0.4) is 0 Å². The van der Waals surface area contributed by atoms with Gasteiger partial charge in [-0.25, -0.2) is 9.67 Å². The summed E-state index contributed by atoms with van der Waals surface area (Å²) in [4.78, 5) is 4.48. The lowest BCUT2D eigenvalue weighted by atomic mass is 10.3. The molecule has 0 aliphatic heterocycles. The molecule has 0 spiro atoms. The molecule has 1 N–H and O–H groups in total. The largest absolute Gasteiger partial charge is 0.378 e. The second kappa shape index (κ2) is 4.92. The Bertz CT molecular complexity index is 725. The van der Waals surface area contributed by atoms with E-state index in [9.17, 15) is 0 Å². The van der Waals surface area contributed by atoms with E-state index in [1.165, 1.54) is 0 Å². The van der Waals surface area contributed by atoms with E-state index in [0.29, 0.717) is 12.6 Å². The summed E-state index contributed by atoms with van der Waals surface area (Å²) in [7, 11) is 1.85. The molecule has 3 rings (SSSR count). The molecule has 0 saturated heterocycles. The van der Waals surface area contributed by atoms with Crippen molar-refractivity contribution in [1.29, 1.82) is 0 Å². The topological polar surface area (TPSA) is 73.5 Å². The number of pyridine rings is 1. The summed E-state index contributed by atoms with van der Waals surface area (Å²) >= 11 is 0. The van der Waals surface area contributed by atoms with Gasteiger partial charge in [0.1, 0.15) is 5.69 Å². The average Bonchev–Trinajstić information content (AvgIpc) is 3.01. The minimum atomic E-state index is 0.304. The molecule has 0 aliphatic carbocycles. The molecule has 20 heavy (non-hydrogen) atoms. The smallest absolute Gasteiger partial charge is 0.158 e. The van der Waals surface area contributed by atoms with Crippen molar-refractivity contribution in [3.63, 3.8) is 0 Å². The molecule has 3 heterocycles. The van der Waals surface area contributed by atoms with Crippen molar-refractivity contribution >= 4 is 16.7 Å². The molecule has 0 fully saturated rings. The first-order valence-corrected chi connectivity index (χ1v) is 6.56. The maximum Gasteiger partial charge on any atom is 0.158 e. The second-order valence-corrected chi connectivity index (χ2v) is 5.06. The van der Waals surface area contributed by atoms with Crippen molar-refractivity contribution in [2.45, 2.75) is 26.4 Å². The predicted octanol–water partition coefficient (Wildman–Crippen LogP) is 1.75. The molecule has 0 saturated carbocycles. The van der Waals surface area contributed by atoms with Gasteiger partial charge in [-0.05, 0) is 19.9 Å². The molecule has 104 valence electrons. The van der Waals surface area contributed by atoms with Gasteiger partial charge in [-0.15, -0.1) is 5.10 Å². The van der Waals surface area contributed by atoms with Gasteiger partial charge in [0.15, 0.2) is 5.65 Å². The first kappa shape index (κ1) is 12.6. The molecule has 0 radical (unpaired) electrons. The van der Waals surface area contributed by atoms with Crippen molar-refractivity contribution in [1.82, 2.24) is 29.8 Å². The van der Waals surface area contributed by atoms with E-state index in [1.807, 2.05) is 36.4 Å². The molecule has 3 aromatic heterocycles. The highest BCUT2D eigenvalue weighted by Crippen LogP contribution is 2.19. The predicted molar refractivity (Wildman–Crippen MR) is 76.2 cm³/mol. The number of fused-ring (bicyclic) bond motifs is 1. The summed E-state index contributed by atoms with van der Waals surface area (Å²) < 4.78 is 3.60. The van der Waals surface area contributed by atoms with Gasteiger partial charge in [0, 0.05) is 24.7 Å². The van der Waals surface area contributed by atoms with E-state index in [2.05, 4.69) is 39.6 Å². The van der Waals surface area contributed by atoms with E-state index in [1.54, 1.807) is 4.68 Å². The van der Waals surface area contributed by atoms with Gasteiger partial charge in [0.25, 0.3) is 0 Å². The van der Waals surface area contributed by atoms with Crippen molar-refractivity contribution in [3.05, 3.63) is 30.4 Å². The second-order valence-electron chi connectivity index (χ2n) is 5.06. The van der Waals surface area contributed by atoms with E-state index in [4.69, 9.17) is 0 Å². The van der Waals surface area contributed by atoms with Crippen LogP contribution in [0.1, 0.15) is 25.6 Å². The lowest BCUT2D eigenvalue weighted by Gasteiger charge is -2.07. The fourth-order valence-electron chi connectivity index (χ4n) is 2.08. The number of aromatic nitrogens is 6. The van der Waals surface area contributed by atoms with Crippen LogP contribution in [0.25, 0.3) is 11.0 Å². The van der Waals surface area contributed by atoms with Crippen LogP contribution in [0.15, 0.2) is 24.7 Å². The standard InChI is InChI=1S/C13H17N7/c1-9(2)20-13-10(5-16-20)4-11(6-15-13)14-7-12-8-19(3)18-17-12/h4-6,8-9,14H,7H2,1-3H3. The third-order valence-corrected chi connectivity index (χ3v) is 3.05. The Kier molecular flexibility index (Phi) is 3.09. The molecular formula is C13H17N7. The summed E-state index contributed by atoms with van der Waals surface area (Å²) in [5.74, 6) is 0. The van der Waals surface area contributed by atoms with Gasteiger partial charge in [0.05, 0.1) is 24.6 Å². The van der Waals surface area contributed by atoms with Crippen LogP contribution in [0.5, 0.6) is 0 Å². The van der Waals surface area contributed by atoms with E-state index >= 15 is 0 Å². The minimum absolute atomic E-state index is 0.304. The van der Waals surface area contributed by atoms with Gasteiger partial charge < -0.3 is 5.32 Å². The van der Waals surface area contributed by atoms with Gasteiger partial charge in [-0.2, -0.15) is 5.10 Å². The van der Waals surface area contributed by atoms with Crippen LogP contribution in [-0.2, 0) is 13.6 Å². The van der Waals surface area contributed by atoms with Gasteiger partial charge >= 0.3 is 0 Å². The first-order chi connectivity index (χ1) is 9.63. The highest BCUT2D eigenvalue weighted by molar-refractivity contribution is 5.78. The van der Waals surface area contributed by atoms with Crippen LogP contribution in [-0.4, -0.2) is 29.8 Å². The third kappa shape index (κ3) is 2.34. The Morgan fingerprint density at radius 3 is 2.85 bits per heavy atom. The maximum absolute atomic E-state index is 4.48. The lowest BCUT2D eigenvalue weighted by molar-refractivity contribution is 0.546. The van der Waals surface area contributed by atoms with Crippen molar-refractivity contribution in [3.8, 4) is 0 Å². The normalized spacial score (nSPS) is 11.4. The zero-order valence-corrected chi connectivity index (χ0v) is 11.8. The molecule has 0 aliphatic rings. The molecule has 0 atom stereocenters. The quantitative estimate of drug-likeness (QED) is 0.782. The zero-order valence-electron chi connectivity index (χ0n) is 11.8. The van der Waals surface area contributed by atoms with E-state index in [0.717, 1.165) is 22.4 Å². The van der Waals surface area contributed by atoms with Crippen LogP contribution in [0.2, 0.25) is 0 Å². The highest BCUT2D eigenvalue weighted by Gasteiger charge is 2.08. The van der Waals surface area contributed by atoms with Gasteiger partial charge in [-0.1, -0.05) is 5.21 Å². The number of rotatable bonds is 4. The van der Waals surface area contributed by atoms with E-state index < -0.39 is 0 Å². The Hall–Kier alpha value is -2.44. The van der Waals surface area contributed by atoms with Crippen LogP contribution >= 0.6 is 0 Å². The molecule has 0 aromatic carbocycles. The summed E-state index contributed by atoms with van der Waals surface area (Å²) in [5, 5.41) is 16.6. The molecule has 0 bridgehead atoms. The number of anilines is 1. The molecule has 7 heteroatoms. The van der Waals surface area contributed by atoms with Crippen LogP contribution in [0, 0.1) is 0 Å². The number of aryl methyl sites for hydroxylation is 1. The Morgan fingerprint density at radius 2 is 2.15 bits per heavy atom. The summed E-state index contributed by atoms with van der Waals surface area (Å²) in [5.41, 5.74) is 2.75. The number of nitrogens with one attached hydrogen (secondary N) is 1. The van der Waals surface area contributed by atoms with Gasteiger partial charge in [0.2, 0.25) is 0 Å². The Balaban J connectivity index is 1.79. The van der Waals surface area contributed by atoms with Crippen molar-refractivity contribution in [2.75, 3.05) is 5.32 Å². The lowest BCUT2D eigenvalue weighted by Crippen LogP contribution is -2.04. The van der Waals surface area contributed by atoms with E-state index in [-0.39, 0.29) is 0 Å². The molecule has 3 aromatic rings. The van der Waals surface area contributed by atoms with Crippen molar-refractivity contribution in [2.24, 2.45) is 7.05 Å². The summed E-state index contributed by atoms with van der Waals surface area (Å²) in [6, 6.07) is 2.35. The third-order valence-electron chi connectivity index (χ3n) is 3.05. The Morgan fingerprint density at radius 1 is 1.30 bits per heavy atom. The number of hydrogen-bond donors (Lipinski definition) is 1. The fourth-order valence-corrected chi connectivity index (χ4v) is 2.08. The number of hydrogen-bond acceptors (Lipinski definition) is 5. The molecule has 0 unspecified atom stereocenters. The zero-order chi connectivity index (χ0) is 14.1. The highest BCUT2D eigenvalue weighted by atomic mass is 15.4. The number of nitrogens with zero attached hydrogens (tertiary/aromatic N) is 6. The van der Waals surface area contributed by atoms with Gasteiger partial charge in [-0.3, -0.25) is 4.68 Å².